The zero-order valence-electron chi connectivity index (χ0n) is 9.13. The van der Waals surface area contributed by atoms with Gasteiger partial charge in [-0.3, -0.25) is 10.1 Å². The zero-order valence-corrected chi connectivity index (χ0v) is 9.89. The number of nitro groups is 1. The number of halogens is 1. The molecular formula is C11H10ClN3O2. The second-order valence-corrected chi connectivity index (χ2v) is 4.04. The van der Waals surface area contributed by atoms with Gasteiger partial charge in [0.25, 0.3) is 5.69 Å². The Balaban J connectivity index is 2.35. The monoisotopic (exact) mass is 251 g/mol. The van der Waals surface area contributed by atoms with Crippen LogP contribution in [0.5, 0.6) is 0 Å². The fourth-order valence-electron chi connectivity index (χ4n) is 1.55. The van der Waals surface area contributed by atoms with E-state index in [-0.39, 0.29) is 5.69 Å². The number of benzene rings is 1. The molecule has 0 aliphatic carbocycles. The summed E-state index contributed by atoms with van der Waals surface area (Å²) in [6, 6.07) is 4.43. The standard InChI is InChI=1S/C11H10ClN3O2/c1-8-13-4-5-14(8)7-9-6-10(15(16)17)2-3-11(9)12/h2-6H,7H2,1H3. The Hall–Kier alpha value is -1.88. The average molecular weight is 252 g/mol. The van der Waals surface area contributed by atoms with Crippen LogP contribution in [0, 0.1) is 17.0 Å². The molecule has 0 unspecified atom stereocenters. The quantitative estimate of drug-likeness (QED) is 0.622. The summed E-state index contributed by atoms with van der Waals surface area (Å²) in [6.07, 6.45) is 3.49. The van der Waals surface area contributed by atoms with Crippen LogP contribution < -0.4 is 0 Å². The van der Waals surface area contributed by atoms with E-state index in [1.54, 1.807) is 12.3 Å². The largest absolute Gasteiger partial charge is 0.331 e. The first kappa shape index (κ1) is 11.6. The molecular weight excluding hydrogens is 242 g/mol. The maximum atomic E-state index is 10.7. The first-order chi connectivity index (χ1) is 8.08. The van der Waals surface area contributed by atoms with Crippen LogP contribution in [0.4, 0.5) is 5.69 Å². The number of hydrogen-bond acceptors (Lipinski definition) is 3. The van der Waals surface area contributed by atoms with Gasteiger partial charge in [-0.25, -0.2) is 4.98 Å². The van der Waals surface area contributed by atoms with Gasteiger partial charge in [-0.2, -0.15) is 0 Å². The Bertz CT molecular complexity index is 566. The van der Waals surface area contributed by atoms with Gasteiger partial charge in [-0.05, 0) is 18.6 Å². The fourth-order valence-corrected chi connectivity index (χ4v) is 1.73. The van der Waals surface area contributed by atoms with Crippen molar-refractivity contribution in [2.45, 2.75) is 13.5 Å². The summed E-state index contributed by atoms with van der Waals surface area (Å²) in [5, 5.41) is 11.2. The van der Waals surface area contributed by atoms with Gasteiger partial charge in [0.2, 0.25) is 0 Å². The second kappa shape index (κ2) is 4.55. The van der Waals surface area contributed by atoms with Crippen LogP contribution >= 0.6 is 11.6 Å². The van der Waals surface area contributed by atoms with Crippen LogP contribution in [0.3, 0.4) is 0 Å². The number of imidazole rings is 1. The normalized spacial score (nSPS) is 10.5. The van der Waals surface area contributed by atoms with E-state index in [4.69, 9.17) is 11.6 Å². The summed E-state index contributed by atoms with van der Waals surface area (Å²) in [4.78, 5) is 14.3. The Morgan fingerprint density at radius 3 is 2.88 bits per heavy atom. The Labute approximate surface area is 103 Å². The number of hydrogen-bond donors (Lipinski definition) is 0. The van der Waals surface area contributed by atoms with Gasteiger partial charge in [0.15, 0.2) is 0 Å². The summed E-state index contributed by atoms with van der Waals surface area (Å²) in [5.41, 5.74) is 0.754. The van der Waals surface area contributed by atoms with Crippen LogP contribution in [0.2, 0.25) is 5.02 Å². The predicted octanol–water partition coefficient (Wildman–Crippen LogP) is 2.80. The first-order valence-electron chi connectivity index (χ1n) is 4.98. The molecule has 88 valence electrons. The number of nitrogens with zero attached hydrogens (tertiary/aromatic N) is 3. The van der Waals surface area contributed by atoms with Gasteiger partial charge in [0.1, 0.15) is 5.82 Å². The predicted molar refractivity (Wildman–Crippen MR) is 64.2 cm³/mol. The van der Waals surface area contributed by atoms with Crippen LogP contribution in [-0.2, 0) is 6.54 Å². The van der Waals surface area contributed by atoms with Crippen molar-refractivity contribution in [3.05, 3.63) is 57.1 Å². The fraction of sp³-hybridized carbons (Fsp3) is 0.182. The molecule has 0 aliphatic heterocycles. The van der Waals surface area contributed by atoms with E-state index in [0.717, 1.165) is 5.82 Å². The number of aromatic nitrogens is 2. The number of aryl methyl sites for hydroxylation is 1. The molecule has 2 aromatic rings. The van der Waals surface area contributed by atoms with E-state index >= 15 is 0 Å². The Morgan fingerprint density at radius 1 is 1.53 bits per heavy atom. The summed E-state index contributed by atoms with van der Waals surface area (Å²) in [7, 11) is 0. The van der Waals surface area contributed by atoms with Gasteiger partial charge in [-0.1, -0.05) is 11.6 Å². The molecule has 0 spiro atoms. The van der Waals surface area contributed by atoms with Gasteiger partial charge >= 0.3 is 0 Å². The summed E-state index contributed by atoms with van der Waals surface area (Å²) in [5.74, 6) is 0.840. The third-order valence-electron chi connectivity index (χ3n) is 2.50. The molecule has 2 rings (SSSR count). The van der Waals surface area contributed by atoms with Crippen LogP contribution in [0.15, 0.2) is 30.6 Å². The third-order valence-corrected chi connectivity index (χ3v) is 2.87. The first-order valence-corrected chi connectivity index (χ1v) is 5.36. The minimum atomic E-state index is -0.430. The van der Waals surface area contributed by atoms with E-state index in [0.29, 0.717) is 17.1 Å². The lowest BCUT2D eigenvalue weighted by Gasteiger charge is -2.07. The molecule has 0 amide bonds. The third kappa shape index (κ3) is 2.45. The molecule has 17 heavy (non-hydrogen) atoms. The lowest BCUT2D eigenvalue weighted by atomic mass is 10.2. The van der Waals surface area contributed by atoms with E-state index in [1.165, 1.54) is 12.1 Å². The lowest BCUT2D eigenvalue weighted by molar-refractivity contribution is -0.384. The van der Waals surface area contributed by atoms with Crippen molar-refractivity contribution in [1.29, 1.82) is 0 Å². The minimum absolute atomic E-state index is 0.0437. The molecule has 0 atom stereocenters. The number of non-ortho nitro benzene ring substituents is 1. The van der Waals surface area contributed by atoms with Crippen molar-refractivity contribution < 1.29 is 4.92 Å². The average Bonchev–Trinajstić information content (AvgIpc) is 2.67. The highest BCUT2D eigenvalue weighted by Crippen LogP contribution is 2.23. The smallest absolute Gasteiger partial charge is 0.269 e. The van der Waals surface area contributed by atoms with Gasteiger partial charge in [0, 0.05) is 29.5 Å². The molecule has 6 heteroatoms. The zero-order chi connectivity index (χ0) is 12.4. The maximum absolute atomic E-state index is 10.7. The van der Waals surface area contributed by atoms with E-state index in [2.05, 4.69) is 4.98 Å². The topological polar surface area (TPSA) is 61.0 Å². The van der Waals surface area contributed by atoms with Gasteiger partial charge < -0.3 is 4.57 Å². The molecule has 0 bridgehead atoms. The number of nitro benzene ring substituents is 1. The summed E-state index contributed by atoms with van der Waals surface area (Å²) in [6.45, 7) is 2.34. The molecule has 1 aromatic carbocycles. The molecule has 0 saturated carbocycles. The van der Waals surface area contributed by atoms with Crippen molar-refractivity contribution in [1.82, 2.24) is 9.55 Å². The van der Waals surface area contributed by atoms with Crippen LogP contribution in [0.25, 0.3) is 0 Å². The molecule has 0 N–H and O–H groups in total. The lowest BCUT2D eigenvalue weighted by Crippen LogP contribution is -2.02. The molecule has 0 radical (unpaired) electrons. The molecule has 0 saturated heterocycles. The Morgan fingerprint density at radius 2 is 2.29 bits per heavy atom. The molecule has 1 heterocycles. The molecule has 5 nitrogen and oxygen atoms in total. The second-order valence-electron chi connectivity index (χ2n) is 3.64. The summed E-state index contributed by atoms with van der Waals surface area (Å²) < 4.78 is 1.88. The molecule has 0 aliphatic rings. The van der Waals surface area contributed by atoms with E-state index < -0.39 is 4.92 Å². The van der Waals surface area contributed by atoms with Crippen LogP contribution in [0.1, 0.15) is 11.4 Å². The number of rotatable bonds is 3. The van der Waals surface area contributed by atoms with Gasteiger partial charge in [0.05, 0.1) is 11.5 Å². The highest BCUT2D eigenvalue weighted by Gasteiger charge is 2.10. The van der Waals surface area contributed by atoms with Crippen molar-refractivity contribution >= 4 is 17.3 Å². The van der Waals surface area contributed by atoms with Crippen molar-refractivity contribution in [3.63, 3.8) is 0 Å². The Kier molecular flexibility index (Phi) is 3.10. The van der Waals surface area contributed by atoms with E-state index in [9.17, 15) is 10.1 Å². The maximum Gasteiger partial charge on any atom is 0.269 e. The van der Waals surface area contributed by atoms with Crippen molar-refractivity contribution in [2.75, 3.05) is 0 Å². The van der Waals surface area contributed by atoms with Gasteiger partial charge in [-0.15, -0.1) is 0 Å². The minimum Gasteiger partial charge on any atom is -0.331 e. The van der Waals surface area contributed by atoms with Crippen molar-refractivity contribution in [3.8, 4) is 0 Å². The SMILES string of the molecule is Cc1nccn1Cc1cc([N+](=O)[O-])ccc1Cl. The molecule has 0 fully saturated rings. The van der Waals surface area contributed by atoms with Crippen LogP contribution in [-0.4, -0.2) is 14.5 Å². The van der Waals surface area contributed by atoms with Crippen molar-refractivity contribution in [2.24, 2.45) is 0 Å². The molecule has 1 aromatic heterocycles. The summed E-state index contributed by atoms with van der Waals surface area (Å²) >= 11 is 6.01. The van der Waals surface area contributed by atoms with E-state index in [1.807, 2.05) is 17.7 Å². The highest BCUT2D eigenvalue weighted by atomic mass is 35.5. The highest BCUT2D eigenvalue weighted by molar-refractivity contribution is 6.31.